The highest BCUT2D eigenvalue weighted by Crippen LogP contribution is 2.58. The van der Waals surface area contributed by atoms with Crippen LogP contribution in [0.4, 0.5) is 0 Å². The summed E-state index contributed by atoms with van der Waals surface area (Å²) in [4.78, 5) is 13.4. The van der Waals surface area contributed by atoms with E-state index in [1.807, 2.05) is 0 Å². The second-order valence-corrected chi connectivity index (χ2v) is 8.38. The van der Waals surface area contributed by atoms with Gasteiger partial charge in [-0.2, -0.15) is 0 Å². The van der Waals surface area contributed by atoms with Crippen LogP contribution in [0.1, 0.15) is 78.8 Å². The molecule has 2 saturated carbocycles. The average Bonchev–Trinajstić information content (AvgIpc) is 3.20. The lowest BCUT2D eigenvalue weighted by Crippen LogP contribution is -2.39. The lowest BCUT2D eigenvalue weighted by Gasteiger charge is -2.39. The van der Waals surface area contributed by atoms with E-state index in [4.69, 9.17) is 0 Å². The molecule has 0 N–H and O–H groups in total. The molecule has 5 rings (SSSR count). The Balaban J connectivity index is 1.54. The minimum Gasteiger partial charge on any atom is -0.294 e. The van der Waals surface area contributed by atoms with Crippen molar-refractivity contribution in [3.8, 4) is 0 Å². The number of allylic oxidation sites excluding steroid dienone is 2. The molecule has 1 heteroatoms. The number of benzene rings is 1. The van der Waals surface area contributed by atoms with Gasteiger partial charge >= 0.3 is 0 Å². The standard InChI is InChI=1S/C22H26O/c23-21-20-8-4-7-18(16-5-2-1-3-6-16)19(20)11-12-22(21)14-15-9-10-17(22)13-15/h4,7-10,15-17H,1-3,5-6,11-14H2. The van der Waals surface area contributed by atoms with E-state index >= 15 is 0 Å². The highest BCUT2D eigenvalue weighted by atomic mass is 16.1. The van der Waals surface area contributed by atoms with Crippen LogP contribution in [0.3, 0.4) is 0 Å². The molecule has 0 heterocycles. The van der Waals surface area contributed by atoms with Crippen LogP contribution in [-0.4, -0.2) is 5.78 Å². The third kappa shape index (κ3) is 1.95. The number of hydrogen-bond donors (Lipinski definition) is 0. The van der Waals surface area contributed by atoms with E-state index in [1.54, 1.807) is 0 Å². The number of rotatable bonds is 1. The van der Waals surface area contributed by atoms with Gasteiger partial charge < -0.3 is 0 Å². The first-order valence-electron chi connectivity index (χ1n) is 9.63. The van der Waals surface area contributed by atoms with Crippen LogP contribution in [0.25, 0.3) is 0 Å². The molecule has 1 aromatic rings. The third-order valence-electron chi connectivity index (χ3n) is 7.28. The SMILES string of the molecule is O=C1c2cccc(C3CCCCC3)c2CCC12CC1C=CC2C1. The summed E-state index contributed by atoms with van der Waals surface area (Å²) in [6.45, 7) is 0. The smallest absolute Gasteiger partial charge is 0.169 e. The van der Waals surface area contributed by atoms with Crippen molar-refractivity contribution >= 4 is 5.78 Å². The van der Waals surface area contributed by atoms with E-state index in [0.29, 0.717) is 23.5 Å². The zero-order chi connectivity index (χ0) is 15.4. The lowest BCUT2D eigenvalue weighted by molar-refractivity contribution is 0.0701. The predicted molar refractivity (Wildman–Crippen MR) is 92.7 cm³/mol. The number of Topliss-reactive ketones (excluding diaryl/α,β-unsaturated/α-hetero) is 1. The second-order valence-electron chi connectivity index (χ2n) is 8.38. The fourth-order valence-corrected chi connectivity index (χ4v) is 6.13. The first kappa shape index (κ1) is 14.0. The van der Waals surface area contributed by atoms with E-state index in [9.17, 15) is 4.79 Å². The van der Waals surface area contributed by atoms with Gasteiger partial charge in [0, 0.05) is 11.0 Å². The Bertz CT molecular complexity index is 679. The molecule has 2 bridgehead atoms. The molecule has 3 atom stereocenters. The molecule has 4 aliphatic rings. The van der Waals surface area contributed by atoms with E-state index in [-0.39, 0.29) is 5.41 Å². The number of carbonyl (C=O) groups is 1. The summed E-state index contributed by atoms with van der Waals surface area (Å²) < 4.78 is 0. The topological polar surface area (TPSA) is 17.1 Å². The van der Waals surface area contributed by atoms with E-state index in [0.717, 1.165) is 24.8 Å². The third-order valence-corrected chi connectivity index (χ3v) is 7.28. The fraction of sp³-hybridized carbons (Fsp3) is 0.591. The second kappa shape index (κ2) is 5.06. The molecule has 120 valence electrons. The molecule has 0 saturated heterocycles. The summed E-state index contributed by atoms with van der Waals surface area (Å²) in [5.74, 6) is 2.38. The Kier molecular flexibility index (Phi) is 3.08. The van der Waals surface area contributed by atoms with Crippen LogP contribution in [0.15, 0.2) is 30.4 Å². The van der Waals surface area contributed by atoms with Gasteiger partial charge in [0.15, 0.2) is 5.78 Å². The molecular weight excluding hydrogens is 280 g/mol. The Labute approximate surface area is 139 Å². The lowest BCUT2D eigenvalue weighted by atomic mass is 9.62. The number of fused-ring (bicyclic) bond motifs is 4. The van der Waals surface area contributed by atoms with Crippen molar-refractivity contribution < 1.29 is 4.79 Å². The van der Waals surface area contributed by atoms with Crippen LogP contribution >= 0.6 is 0 Å². The van der Waals surface area contributed by atoms with Crippen molar-refractivity contribution in [2.24, 2.45) is 17.3 Å². The highest BCUT2D eigenvalue weighted by Gasteiger charge is 2.54. The van der Waals surface area contributed by atoms with Crippen molar-refractivity contribution in [1.82, 2.24) is 0 Å². The minimum absolute atomic E-state index is 0.0440. The maximum Gasteiger partial charge on any atom is 0.169 e. The Hall–Kier alpha value is -1.37. The summed E-state index contributed by atoms with van der Waals surface area (Å²) in [6.07, 6.45) is 16.0. The van der Waals surface area contributed by atoms with Crippen LogP contribution in [0.5, 0.6) is 0 Å². The quantitative estimate of drug-likeness (QED) is 0.631. The van der Waals surface area contributed by atoms with E-state index < -0.39 is 0 Å². The van der Waals surface area contributed by atoms with Crippen molar-refractivity contribution in [1.29, 1.82) is 0 Å². The Morgan fingerprint density at radius 1 is 1.04 bits per heavy atom. The van der Waals surface area contributed by atoms with Crippen LogP contribution < -0.4 is 0 Å². The van der Waals surface area contributed by atoms with Crippen molar-refractivity contribution in [3.05, 3.63) is 47.0 Å². The maximum atomic E-state index is 13.4. The van der Waals surface area contributed by atoms with Gasteiger partial charge in [-0.15, -0.1) is 0 Å². The van der Waals surface area contributed by atoms with Gasteiger partial charge in [-0.3, -0.25) is 4.79 Å². The molecule has 0 amide bonds. The van der Waals surface area contributed by atoms with E-state index in [2.05, 4.69) is 30.4 Å². The highest BCUT2D eigenvalue weighted by molar-refractivity contribution is 6.03. The molecule has 4 aliphatic carbocycles. The molecule has 1 aromatic carbocycles. The van der Waals surface area contributed by atoms with Gasteiger partial charge in [0.05, 0.1) is 0 Å². The van der Waals surface area contributed by atoms with Gasteiger partial charge in [-0.25, -0.2) is 0 Å². The minimum atomic E-state index is -0.0440. The van der Waals surface area contributed by atoms with Gasteiger partial charge in [0.1, 0.15) is 0 Å². The summed E-state index contributed by atoms with van der Waals surface area (Å²) in [5, 5.41) is 0. The zero-order valence-electron chi connectivity index (χ0n) is 13.9. The van der Waals surface area contributed by atoms with Crippen molar-refractivity contribution in [3.63, 3.8) is 0 Å². The van der Waals surface area contributed by atoms with Crippen LogP contribution in [0.2, 0.25) is 0 Å². The molecule has 0 aromatic heterocycles. The summed E-state index contributed by atoms with van der Waals surface area (Å²) in [6, 6.07) is 6.60. The molecule has 0 radical (unpaired) electrons. The van der Waals surface area contributed by atoms with Gasteiger partial charge in [0.2, 0.25) is 0 Å². The van der Waals surface area contributed by atoms with Gasteiger partial charge in [-0.1, -0.05) is 49.6 Å². The molecule has 2 fully saturated rings. The monoisotopic (exact) mass is 306 g/mol. The summed E-state index contributed by atoms with van der Waals surface area (Å²) in [5.41, 5.74) is 3.98. The largest absolute Gasteiger partial charge is 0.294 e. The number of carbonyl (C=O) groups excluding carboxylic acids is 1. The molecule has 0 aliphatic heterocycles. The molecule has 23 heavy (non-hydrogen) atoms. The van der Waals surface area contributed by atoms with Crippen molar-refractivity contribution in [2.45, 2.75) is 63.7 Å². The maximum absolute atomic E-state index is 13.4. The Morgan fingerprint density at radius 2 is 1.91 bits per heavy atom. The summed E-state index contributed by atoms with van der Waals surface area (Å²) >= 11 is 0. The molecular formula is C22H26O. The first-order chi connectivity index (χ1) is 11.3. The average molecular weight is 306 g/mol. The van der Waals surface area contributed by atoms with Gasteiger partial charge in [-0.05, 0) is 67.4 Å². The molecule has 1 nitrogen and oxygen atoms in total. The van der Waals surface area contributed by atoms with Crippen molar-refractivity contribution in [2.75, 3.05) is 0 Å². The zero-order valence-corrected chi connectivity index (χ0v) is 13.9. The molecule has 3 unspecified atom stereocenters. The van der Waals surface area contributed by atoms with Crippen LogP contribution in [-0.2, 0) is 6.42 Å². The van der Waals surface area contributed by atoms with Gasteiger partial charge in [0.25, 0.3) is 0 Å². The van der Waals surface area contributed by atoms with E-state index in [1.165, 1.54) is 49.7 Å². The number of ketones is 1. The first-order valence-corrected chi connectivity index (χ1v) is 9.63. The molecule has 1 spiro atoms. The normalized spacial score (nSPS) is 35.9. The fourth-order valence-electron chi connectivity index (χ4n) is 6.13. The number of hydrogen-bond acceptors (Lipinski definition) is 1. The predicted octanol–water partition coefficient (Wildman–Crippen LogP) is 5.45. The van der Waals surface area contributed by atoms with Crippen LogP contribution in [0, 0.1) is 17.3 Å². The Morgan fingerprint density at radius 3 is 2.65 bits per heavy atom. The summed E-state index contributed by atoms with van der Waals surface area (Å²) in [7, 11) is 0.